The Bertz CT molecular complexity index is 683. The number of nitrogens with one attached hydrogen (secondary N) is 1. The summed E-state index contributed by atoms with van der Waals surface area (Å²) in [4.78, 5) is 12.9. The van der Waals surface area contributed by atoms with Crippen molar-refractivity contribution in [3.8, 4) is 0 Å². The molecule has 1 aromatic carbocycles. The minimum absolute atomic E-state index is 0.0646. The highest BCUT2D eigenvalue weighted by Gasteiger charge is 2.42. The van der Waals surface area contributed by atoms with Crippen LogP contribution in [0.4, 0.5) is 0 Å². The summed E-state index contributed by atoms with van der Waals surface area (Å²) in [5.41, 5.74) is 0.624. The van der Waals surface area contributed by atoms with Crippen molar-refractivity contribution < 1.29 is 13.2 Å². The highest BCUT2D eigenvalue weighted by atomic mass is 79.9. The fourth-order valence-corrected chi connectivity index (χ4v) is 4.77. The second-order valence-corrected chi connectivity index (χ2v) is 9.56. The van der Waals surface area contributed by atoms with Crippen molar-refractivity contribution >= 4 is 31.9 Å². The fourth-order valence-electron chi connectivity index (χ4n) is 3.58. The summed E-state index contributed by atoms with van der Waals surface area (Å²) in [6.07, 6.45) is 5.68. The van der Waals surface area contributed by atoms with Crippen LogP contribution in [-0.2, 0) is 20.2 Å². The Morgan fingerprint density at radius 3 is 2.36 bits per heavy atom. The monoisotopic (exact) mass is 430 g/mol. The lowest BCUT2D eigenvalue weighted by Crippen LogP contribution is -2.43. The molecule has 1 amide bonds. The van der Waals surface area contributed by atoms with Crippen LogP contribution in [-0.4, -0.2) is 44.5 Å². The zero-order valence-electron chi connectivity index (χ0n) is 14.9. The van der Waals surface area contributed by atoms with Crippen molar-refractivity contribution in [3.05, 3.63) is 34.3 Å². The molecule has 1 aromatic rings. The van der Waals surface area contributed by atoms with Crippen LogP contribution >= 0.6 is 15.9 Å². The van der Waals surface area contributed by atoms with E-state index in [0.29, 0.717) is 26.1 Å². The van der Waals surface area contributed by atoms with E-state index < -0.39 is 15.4 Å². The summed E-state index contributed by atoms with van der Waals surface area (Å²) in [6.45, 7) is 3.19. The molecular weight excluding hydrogens is 404 g/mol. The van der Waals surface area contributed by atoms with E-state index in [1.807, 2.05) is 31.2 Å². The van der Waals surface area contributed by atoms with Gasteiger partial charge in [0.25, 0.3) is 0 Å². The number of nitrogens with zero attached hydrogens (tertiary/aromatic N) is 1. The first-order chi connectivity index (χ1) is 11.8. The van der Waals surface area contributed by atoms with Gasteiger partial charge in [0.15, 0.2) is 0 Å². The van der Waals surface area contributed by atoms with Gasteiger partial charge in [0.1, 0.15) is 0 Å². The maximum absolute atomic E-state index is 12.9. The molecule has 1 aliphatic rings. The standard InChI is InChI=1S/C18H27BrN2O3S/c1-3-21(25(2,23)24)14-6-13-20-17(22)18(11-4-5-12-18)15-7-9-16(19)10-8-15/h7-10H,3-6,11-14H2,1-2H3,(H,20,22). The summed E-state index contributed by atoms with van der Waals surface area (Å²) in [7, 11) is -3.17. The Balaban J connectivity index is 1.97. The molecule has 1 saturated carbocycles. The zero-order valence-corrected chi connectivity index (χ0v) is 17.3. The third kappa shape index (κ3) is 5.05. The van der Waals surface area contributed by atoms with E-state index in [0.717, 1.165) is 35.7 Å². The van der Waals surface area contributed by atoms with Crippen LogP contribution in [0.5, 0.6) is 0 Å². The molecule has 0 heterocycles. The molecule has 0 unspecified atom stereocenters. The summed E-state index contributed by atoms with van der Waals surface area (Å²) in [5, 5.41) is 3.04. The zero-order chi connectivity index (χ0) is 18.5. The van der Waals surface area contributed by atoms with Crippen molar-refractivity contribution in [2.75, 3.05) is 25.9 Å². The van der Waals surface area contributed by atoms with Crippen LogP contribution in [0.1, 0.15) is 44.6 Å². The summed E-state index contributed by atoms with van der Waals surface area (Å²) in [6, 6.07) is 8.01. The Morgan fingerprint density at radius 1 is 1.24 bits per heavy atom. The molecule has 140 valence electrons. The number of sulfonamides is 1. The third-order valence-electron chi connectivity index (χ3n) is 4.98. The van der Waals surface area contributed by atoms with Gasteiger partial charge in [-0.25, -0.2) is 12.7 Å². The lowest BCUT2D eigenvalue weighted by Gasteiger charge is -2.28. The summed E-state index contributed by atoms with van der Waals surface area (Å²) >= 11 is 3.44. The number of hydrogen-bond acceptors (Lipinski definition) is 3. The molecule has 0 spiro atoms. The van der Waals surface area contributed by atoms with Gasteiger partial charge in [-0.1, -0.05) is 47.8 Å². The molecule has 0 aromatic heterocycles. The van der Waals surface area contributed by atoms with Crippen LogP contribution < -0.4 is 5.32 Å². The van der Waals surface area contributed by atoms with E-state index in [-0.39, 0.29) is 5.91 Å². The molecule has 1 N–H and O–H groups in total. The number of carbonyl (C=O) groups is 1. The van der Waals surface area contributed by atoms with Crippen LogP contribution in [0.3, 0.4) is 0 Å². The molecular formula is C18H27BrN2O3S. The van der Waals surface area contributed by atoms with E-state index in [9.17, 15) is 13.2 Å². The van der Waals surface area contributed by atoms with Crippen LogP contribution in [0, 0.1) is 0 Å². The van der Waals surface area contributed by atoms with Crippen LogP contribution in [0.25, 0.3) is 0 Å². The van der Waals surface area contributed by atoms with Crippen molar-refractivity contribution in [2.45, 2.75) is 44.4 Å². The van der Waals surface area contributed by atoms with Crippen LogP contribution in [0.15, 0.2) is 28.7 Å². The highest BCUT2D eigenvalue weighted by molar-refractivity contribution is 9.10. The van der Waals surface area contributed by atoms with Gasteiger partial charge in [0, 0.05) is 24.1 Å². The minimum Gasteiger partial charge on any atom is -0.355 e. The van der Waals surface area contributed by atoms with E-state index in [1.165, 1.54) is 10.6 Å². The Kier molecular flexibility index (Phi) is 7.05. The quantitative estimate of drug-likeness (QED) is 0.644. The van der Waals surface area contributed by atoms with Crippen molar-refractivity contribution in [2.24, 2.45) is 0 Å². The smallest absolute Gasteiger partial charge is 0.230 e. The predicted molar refractivity (Wildman–Crippen MR) is 104 cm³/mol. The molecule has 1 aliphatic carbocycles. The number of benzene rings is 1. The minimum atomic E-state index is -3.17. The maximum atomic E-state index is 12.9. The first kappa shape index (κ1) is 20.4. The number of rotatable bonds is 8. The Hall–Kier alpha value is -0.920. The lowest BCUT2D eigenvalue weighted by atomic mass is 9.78. The van der Waals surface area contributed by atoms with Crippen LogP contribution in [0.2, 0.25) is 0 Å². The average Bonchev–Trinajstić information content (AvgIpc) is 3.05. The average molecular weight is 431 g/mol. The van der Waals surface area contributed by atoms with Crippen molar-refractivity contribution in [1.29, 1.82) is 0 Å². The first-order valence-electron chi connectivity index (χ1n) is 8.79. The molecule has 0 radical (unpaired) electrons. The molecule has 7 heteroatoms. The second-order valence-electron chi connectivity index (χ2n) is 6.66. The summed E-state index contributed by atoms with van der Waals surface area (Å²) < 4.78 is 25.6. The second kappa shape index (κ2) is 8.64. The van der Waals surface area contributed by atoms with Gasteiger partial charge < -0.3 is 5.32 Å². The molecule has 0 aliphatic heterocycles. The molecule has 0 saturated heterocycles. The van der Waals surface area contributed by atoms with E-state index in [1.54, 1.807) is 0 Å². The van der Waals surface area contributed by atoms with Gasteiger partial charge in [-0.2, -0.15) is 0 Å². The largest absolute Gasteiger partial charge is 0.355 e. The molecule has 0 bridgehead atoms. The van der Waals surface area contributed by atoms with Crippen molar-refractivity contribution in [3.63, 3.8) is 0 Å². The third-order valence-corrected chi connectivity index (χ3v) is 6.89. The molecule has 5 nitrogen and oxygen atoms in total. The van der Waals surface area contributed by atoms with Gasteiger partial charge in [-0.15, -0.1) is 0 Å². The van der Waals surface area contributed by atoms with Gasteiger partial charge >= 0.3 is 0 Å². The van der Waals surface area contributed by atoms with Gasteiger partial charge in [0.05, 0.1) is 11.7 Å². The maximum Gasteiger partial charge on any atom is 0.230 e. The van der Waals surface area contributed by atoms with Gasteiger partial charge in [-0.05, 0) is 37.0 Å². The topological polar surface area (TPSA) is 66.5 Å². The fraction of sp³-hybridized carbons (Fsp3) is 0.611. The Morgan fingerprint density at radius 2 is 1.84 bits per heavy atom. The number of halogens is 1. The van der Waals surface area contributed by atoms with E-state index in [4.69, 9.17) is 0 Å². The number of amides is 1. The first-order valence-corrected chi connectivity index (χ1v) is 11.4. The van der Waals surface area contributed by atoms with Gasteiger partial charge in [0.2, 0.25) is 15.9 Å². The van der Waals surface area contributed by atoms with E-state index >= 15 is 0 Å². The van der Waals surface area contributed by atoms with Gasteiger partial charge in [-0.3, -0.25) is 4.79 Å². The molecule has 25 heavy (non-hydrogen) atoms. The SMILES string of the molecule is CCN(CCCNC(=O)C1(c2ccc(Br)cc2)CCCC1)S(C)(=O)=O. The number of carbonyl (C=O) groups excluding carboxylic acids is 1. The normalized spacial score (nSPS) is 17.0. The molecule has 1 fully saturated rings. The number of hydrogen-bond donors (Lipinski definition) is 1. The van der Waals surface area contributed by atoms with E-state index in [2.05, 4.69) is 21.2 Å². The highest BCUT2D eigenvalue weighted by Crippen LogP contribution is 2.41. The molecule has 2 rings (SSSR count). The summed E-state index contributed by atoms with van der Waals surface area (Å²) in [5.74, 6) is 0.0646. The lowest BCUT2D eigenvalue weighted by molar-refractivity contribution is -0.126. The Labute approximate surface area is 159 Å². The predicted octanol–water partition coefficient (Wildman–Crippen LogP) is 3.05. The molecule has 0 atom stereocenters. The van der Waals surface area contributed by atoms with Crippen molar-refractivity contribution in [1.82, 2.24) is 9.62 Å².